The van der Waals surface area contributed by atoms with E-state index in [2.05, 4.69) is 15.4 Å². The van der Waals surface area contributed by atoms with E-state index in [1.165, 1.54) is 16.0 Å². The summed E-state index contributed by atoms with van der Waals surface area (Å²) in [6, 6.07) is 9.54. The first kappa shape index (κ1) is 17.3. The molecule has 0 saturated carbocycles. The van der Waals surface area contributed by atoms with Crippen LogP contribution >= 0.6 is 11.3 Å². The zero-order valence-electron chi connectivity index (χ0n) is 14.4. The Labute approximate surface area is 149 Å². The fourth-order valence-corrected chi connectivity index (χ4v) is 3.59. The zero-order valence-corrected chi connectivity index (χ0v) is 15.3. The standard InChI is InChI=1S/C18H20N4O2S/c1-4-15-20-16-17(25-15)12(3)21-22(18(16)24)10-14(23)19-11(2)13-8-6-5-7-9-13/h5-9,11H,4,10H2,1-3H3,(H,19,23)/t11-/m0/s1. The number of thiazole rings is 1. The molecular formula is C18H20N4O2S. The Morgan fingerprint density at radius 1 is 1.32 bits per heavy atom. The van der Waals surface area contributed by atoms with E-state index in [1.807, 2.05) is 51.1 Å². The summed E-state index contributed by atoms with van der Waals surface area (Å²) in [4.78, 5) is 29.3. The quantitative estimate of drug-likeness (QED) is 0.762. The molecule has 0 saturated heterocycles. The van der Waals surface area contributed by atoms with E-state index in [4.69, 9.17) is 0 Å². The van der Waals surface area contributed by atoms with Crippen molar-refractivity contribution >= 4 is 27.5 Å². The van der Waals surface area contributed by atoms with Gasteiger partial charge in [0.1, 0.15) is 6.54 Å². The number of rotatable bonds is 5. The third kappa shape index (κ3) is 3.61. The maximum absolute atomic E-state index is 12.6. The highest BCUT2D eigenvalue weighted by atomic mass is 32.1. The van der Waals surface area contributed by atoms with Gasteiger partial charge < -0.3 is 5.32 Å². The van der Waals surface area contributed by atoms with Crippen molar-refractivity contribution in [1.82, 2.24) is 20.1 Å². The molecule has 1 atom stereocenters. The van der Waals surface area contributed by atoms with Gasteiger partial charge in [-0.05, 0) is 25.8 Å². The van der Waals surface area contributed by atoms with E-state index >= 15 is 0 Å². The number of nitrogens with zero attached hydrogens (tertiary/aromatic N) is 3. The maximum Gasteiger partial charge on any atom is 0.294 e. The molecule has 25 heavy (non-hydrogen) atoms. The Balaban J connectivity index is 1.81. The molecule has 0 spiro atoms. The number of benzene rings is 1. The van der Waals surface area contributed by atoms with Gasteiger partial charge in [-0.25, -0.2) is 9.67 Å². The van der Waals surface area contributed by atoms with Crippen LogP contribution in [0.25, 0.3) is 10.2 Å². The third-order valence-electron chi connectivity index (χ3n) is 3.98. The predicted molar refractivity (Wildman–Crippen MR) is 98.8 cm³/mol. The molecule has 0 unspecified atom stereocenters. The predicted octanol–water partition coefficient (Wildman–Crippen LogP) is 2.60. The topological polar surface area (TPSA) is 76.9 Å². The molecule has 3 aromatic rings. The van der Waals surface area contributed by atoms with Crippen LogP contribution in [0.5, 0.6) is 0 Å². The normalized spacial score (nSPS) is 12.3. The van der Waals surface area contributed by atoms with Crippen LogP contribution in [0, 0.1) is 6.92 Å². The van der Waals surface area contributed by atoms with Gasteiger partial charge in [-0.2, -0.15) is 5.10 Å². The summed E-state index contributed by atoms with van der Waals surface area (Å²) >= 11 is 1.49. The van der Waals surface area contributed by atoms with Gasteiger partial charge in [0.25, 0.3) is 5.56 Å². The van der Waals surface area contributed by atoms with Crippen molar-refractivity contribution in [3.63, 3.8) is 0 Å². The molecule has 1 amide bonds. The number of nitrogens with one attached hydrogen (secondary N) is 1. The van der Waals surface area contributed by atoms with Crippen molar-refractivity contribution < 1.29 is 4.79 Å². The number of hydrogen-bond donors (Lipinski definition) is 1. The van der Waals surface area contributed by atoms with Crippen LogP contribution in [0.2, 0.25) is 0 Å². The van der Waals surface area contributed by atoms with Crippen molar-refractivity contribution in [1.29, 1.82) is 0 Å². The van der Waals surface area contributed by atoms with Crippen LogP contribution in [0.3, 0.4) is 0 Å². The van der Waals surface area contributed by atoms with Crippen molar-refractivity contribution in [2.45, 2.75) is 39.8 Å². The lowest BCUT2D eigenvalue weighted by Gasteiger charge is -2.14. The summed E-state index contributed by atoms with van der Waals surface area (Å²) in [5.74, 6) is -0.254. The van der Waals surface area contributed by atoms with Crippen LogP contribution in [0.15, 0.2) is 35.1 Å². The molecule has 6 nitrogen and oxygen atoms in total. The Hall–Kier alpha value is -2.54. The van der Waals surface area contributed by atoms with Gasteiger partial charge in [-0.15, -0.1) is 11.3 Å². The van der Waals surface area contributed by atoms with Crippen LogP contribution < -0.4 is 10.9 Å². The average molecular weight is 356 g/mol. The first-order chi connectivity index (χ1) is 12.0. The molecule has 7 heteroatoms. The average Bonchev–Trinajstić information content (AvgIpc) is 3.05. The minimum Gasteiger partial charge on any atom is -0.348 e. The first-order valence-electron chi connectivity index (χ1n) is 8.21. The van der Waals surface area contributed by atoms with E-state index in [1.54, 1.807) is 0 Å². The Bertz CT molecular complexity index is 962. The van der Waals surface area contributed by atoms with Gasteiger partial charge in [0.15, 0.2) is 5.52 Å². The largest absolute Gasteiger partial charge is 0.348 e. The molecule has 0 aliphatic carbocycles. The van der Waals surface area contributed by atoms with E-state index in [0.29, 0.717) is 5.52 Å². The summed E-state index contributed by atoms with van der Waals surface area (Å²) in [7, 11) is 0. The van der Waals surface area contributed by atoms with Crippen LogP contribution in [0.4, 0.5) is 0 Å². The monoisotopic (exact) mass is 356 g/mol. The number of amides is 1. The summed E-state index contributed by atoms with van der Waals surface area (Å²) < 4.78 is 2.00. The van der Waals surface area contributed by atoms with Gasteiger partial charge in [0.05, 0.1) is 21.4 Å². The van der Waals surface area contributed by atoms with Gasteiger partial charge in [-0.3, -0.25) is 9.59 Å². The van der Waals surface area contributed by atoms with Gasteiger partial charge in [-0.1, -0.05) is 37.3 Å². The van der Waals surface area contributed by atoms with Gasteiger partial charge in [0.2, 0.25) is 5.91 Å². The first-order valence-corrected chi connectivity index (χ1v) is 9.02. The molecule has 130 valence electrons. The molecule has 0 aliphatic rings. The van der Waals surface area contributed by atoms with Crippen molar-refractivity contribution in [2.24, 2.45) is 0 Å². The van der Waals surface area contributed by atoms with E-state index in [9.17, 15) is 9.59 Å². The second-order valence-electron chi connectivity index (χ2n) is 5.89. The number of carbonyl (C=O) groups is 1. The Kier molecular flexibility index (Phi) is 4.94. The van der Waals surface area contributed by atoms with Gasteiger partial charge in [0, 0.05) is 0 Å². The number of fused-ring (bicyclic) bond motifs is 1. The zero-order chi connectivity index (χ0) is 18.0. The van der Waals surface area contributed by atoms with Crippen molar-refractivity contribution in [2.75, 3.05) is 0 Å². The Morgan fingerprint density at radius 2 is 2.04 bits per heavy atom. The van der Waals surface area contributed by atoms with E-state index < -0.39 is 0 Å². The molecule has 1 N–H and O–H groups in total. The fraction of sp³-hybridized carbons (Fsp3) is 0.333. The smallest absolute Gasteiger partial charge is 0.294 e. The highest BCUT2D eigenvalue weighted by Crippen LogP contribution is 2.21. The minimum atomic E-state index is -0.320. The summed E-state index contributed by atoms with van der Waals surface area (Å²) in [5, 5.41) is 8.08. The molecule has 0 radical (unpaired) electrons. The lowest BCUT2D eigenvalue weighted by molar-refractivity contribution is -0.122. The molecule has 2 heterocycles. The number of aryl methyl sites for hydroxylation is 2. The third-order valence-corrected chi connectivity index (χ3v) is 5.29. The lowest BCUT2D eigenvalue weighted by Crippen LogP contribution is -2.35. The summed E-state index contributed by atoms with van der Waals surface area (Å²) in [6.45, 7) is 5.62. The van der Waals surface area contributed by atoms with Crippen molar-refractivity contribution in [3.8, 4) is 0 Å². The summed E-state index contributed by atoms with van der Waals surface area (Å²) in [6.07, 6.45) is 0.771. The highest BCUT2D eigenvalue weighted by Gasteiger charge is 2.16. The fourth-order valence-electron chi connectivity index (χ4n) is 2.66. The van der Waals surface area contributed by atoms with E-state index in [0.717, 1.165) is 27.4 Å². The number of hydrogen-bond acceptors (Lipinski definition) is 5. The maximum atomic E-state index is 12.6. The van der Waals surface area contributed by atoms with Crippen LogP contribution in [0.1, 0.15) is 36.2 Å². The summed E-state index contributed by atoms with van der Waals surface area (Å²) in [5.41, 5.74) is 1.81. The highest BCUT2D eigenvalue weighted by molar-refractivity contribution is 7.18. The Morgan fingerprint density at radius 3 is 2.72 bits per heavy atom. The molecule has 3 rings (SSSR count). The molecular weight excluding hydrogens is 336 g/mol. The number of aromatic nitrogens is 3. The molecule has 0 aliphatic heterocycles. The van der Waals surface area contributed by atoms with E-state index in [-0.39, 0.29) is 24.1 Å². The molecule has 1 aromatic carbocycles. The molecule has 2 aromatic heterocycles. The second-order valence-corrected chi connectivity index (χ2v) is 6.97. The van der Waals surface area contributed by atoms with Crippen molar-refractivity contribution in [3.05, 3.63) is 57.0 Å². The van der Waals surface area contributed by atoms with Crippen LogP contribution in [-0.4, -0.2) is 20.7 Å². The lowest BCUT2D eigenvalue weighted by atomic mass is 10.1. The molecule has 0 fully saturated rings. The number of carbonyl (C=O) groups excluding carboxylic acids is 1. The minimum absolute atomic E-state index is 0.119. The second kappa shape index (κ2) is 7.14. The SMILES string of the molecule is CCc1nc2c(=O)n(CC(=O)N[C@@H](C)c3ccccc3)nc(C)c2s1. The molecule has 0 bridgehead atoms. The van der Waals surface area contributed by atoms with Crippen LogP contribution in [-0.2, 0) is 17.8 Å². The van der Waals surface area contributed by atoms with Gasteiger partial charge >= 0.3 is 0 Å².